The van der Waals surface area contributed by atoms with Crippen LogP contribution in [0, 0.1) is 5.82 Å². The Kier molecular flexibility index (Phi) is 3.23. The average molecular weight is 323 g/mol. The highest BCUT2D eigenvalue weighted by molar-refractivity contribution is 6.00. The second-order valence-corrected chi connectivity index (χ2v) is 5.87. The molecule has 3 aromatic rings. The largest absolute Gasteiger partial charge is 0.424 e. The van der Waals surface area contributed by atoms with E-state index < -0.39 is 0 Å². The molecule has 1 aromatic heterocycles. The summed E-state index contributed by atoms with van der Waals surface area (Å²) in [5.74, 6) is -0.783. The van der Waals surface area contributed by atoms with Gasteiger partial charge in [0.25, 0.3) is 0 Å². The number of para-hydroxylation sites is 1. The Hall–Kier alpha value is -2.95. The molecular weight excluding hydrogens is 309 g/mol. The molecule has 5 heteroatoms. The Balaban J connectivity index is 2.03. The standard InChI is InChI=1S/C19H14FNO3/c1-11(22)21-16-5-3-2-4-14(16)19-18(21)15(10-17(23)24-19)12-6-8-13(20)9-7-12/h2-9,15H,10H2,1H3. The third kappa shape index (κ3) is 2.12. The first-order valence-corrected chi connectivity index (χ1v) is 7.66. The molecule has 0 radical (unpaired) electrons. The highest BCUT2D eigenvalue weighted by atomic mass is 19.1. The van der Waals surface area contributed by atoms with Gasteiger partial charge in [0.05, 0.1) is 17.6 Å². The average Bonchev–Trinajstić information content (AvgIpc) is 2.89. The van der Waals surface area contributed by atoms with Gasteiger partial charge in [0.1, 0.15) is 5.82 Å². The summed E-state index contributed by atoms with van der Waals surface area (Å²) in [4.78, 5) is 24.4. The van der Waals surface area contributed by atoms with Crippen molar-refractivity contribution in [1.82, 2.24) is 4.57 Å². The molecule has 4 nitrogen and oxygen atoms in total. The van der Waals surface area contributed by atoms with E-state index in [9.17, 15) is 14.0 Å². The molecule has 1 aliphatic rings. The van der Waals surface area contributed by atoms with E-state index in [2.05, 4.69) is 0 Å². The van der Waals surface area contributed by atoms with Gasteiger partial charge in [-0.2, -0.15) is 0 Å². The third-order valence-corrected chi connectivity index (χ3v) is 4.37. The number of carbonyl (C=O) groups excluding carboxylic acids is 2. The fraction of sp³-hybridized carbons (Fsp3) is 0.158. The van der Waals surface area contributed by atoms with E-state index in [1.54, 1.807) is 16.7 Å². The lowest BCUT2D eigenvalue weighted by molar-refractivity contribution is -0.135. The summed E-state index contributed by atoms with van der Waals surface area (Å²) in [5.41, 5.74) is 2.13. The van der Waals surface area contributed by atoms with Gasteiger partial charge in [0.15, 0.2) is 5.75 Å². The molecule has 0 aliphatic carbocycles. The van der Waals surface area contributed by atoms with Gasteiger partial charge in [-0.15, -0.1) is 0 Å². The van der Waals surface area contributed by atoms with E-state index in [0.29, 0.717) is 17.0 Å². The van der Waals surface area contributed by atoms with Crippen molar-refractivity contribution in [3.63, 3.8) is 0 Å². The molecule has 0 spiro atoms. The smallest absolute Gasteiger partial charge is 0.312 e. The van der Waals surface area contributed by atoms with Gasteiger partial charge in [0, 0.05) is 18.2 Å². The van der Waals surface area contributed by atoms with Crippen LogP contribution in [0.1, 0.15) is 35.3 Å². The summed E-state index contributed by atoms with van der Waals surface area (Å²) in [5, 5.41) is 0.725. The normalized spacial score (nSPS) is 16.8. The van der Waals surface area contributed by atoms with Crippen LogP contribution in [0.25, 0.3) is 10.9 Å². The van der Waals surface area contributed by atoms with E-state index in [4.69, 9.17) is 4.74 Å². The van der Waals surface area contributed by atoms with E-state index in [1.807, 2.05) is 24.3 Å². The molecule has 0 bridgehead atoms. The minimum absolute atomic E-state index is 0.113. The topological polar surface area (TPSA) is 48.3 Å². The summed E-state index contributed by atoms with van der Waals surface area (Å²) in [7, 11) is 0. The van der Waals surface area contributed by atoms with Gasteiger partial charge in [-0.05, 0) is 29.8 Å². The SMILES string of the molecule is CC(=O)n1c2c(c3ccccc31)OC(=O)CC2c1ccc(F)cc1. The number of benzene rings is 2. The summed E-state index contributed by atoms with van der Waals surface area (Å²) >= 11 is 0. The highest BCUT2D eigenvalue weighted by Crippen LogP contribution is 2.44. The molecule has 1 atom stereocenters. The second-order valence-electron chi connectivity index (χ2n) is 5.87. The first kappa shape index (κ1) is 14.6. The number of carbonyl (C=O) groups is 2. The van der Waals surface area contributed by atoms with Crippen molar-refractivity contribution in [2.45, 2.75) is 19.3 Å². The number of hydrogen-bond donors (Lipinski definition) is 0. The lowest BCUT2D eigenvalue weighted by atomic mass is 9.90. The minimum atomic E-state index is -0.358. The van der Waals surface area contributed by atoms with E-state index >= 15 is 0 Å². The van der Waals surface area contributed by atoms with Gasteiger partial charge >= 0.3 is 5.97 Å². The second kappa shape index (κ2) is 5.30. The first-order valence-electron chi connectivity index (χ1n) is 7.66. The molecule has 2 aromatic carbocycles. The quantitative estimate of drug-likeness (QED) is 0.639. The summed E-state index contributed by atoms with van der Waals surface area (Å²) < 4.78 is 20.3. The molecule has 0 saturated carbocycles. The molecule has 1 aliphatic heterocycles. The summed E-state index contributed by atoms with van der Waals surface area (Å²) in [6, 6.07) is 13.3. The van der Waals surface area contributed by atoms with E-state index in [-0.39, 0.29) is 30.0 Å². The van der Waals surface area contributed by atoms with Crippen LogP contribution in [0.5, 0.6) is 5.75 Å². The number of nitrogens with zero attached hydrogens (tertiary/aromatic N) is 1. The molecule has 0 amide bonds. The first-order chi connectivity index (χ1) is 11.6. The molecule has 0 saturated heterocycles. The molecule has 24 heavy (non-hydrogen) atoms. The maximum absolute atomic E-state index is 13.3. The zero-order chi connectivity index (χ0) is 16.8. The summed E-state index contributed by atoms with van der Waals surface area (Å²) in [6.07, 6.45) is 0.113. The minimum Gasteiger partial charge on any atom is -0.424 e. The molecule has 1 unspecified atom stereocenters. The Morgan fingerprint density at radius 1 is 1.17 bits per heavy atom. The number of hydrogen-bond acceptors (Lipinski definition) is 3. The third-order valence-electron chi connectivity index (χ3n) is 4.37. The zero-order valence-electron chi connectivity index (χ0n) is 13.0. The number of halogens is 1. The van der Waals surface area contributed by atoms with Crippen LogP contribution in [0.2, 0.25) is 0 Å². The number of ether oxygens (including phenoxy) is 1. The van der Waals surface area contributed by atoms with Gasteiger partial charge in [0.2, 0.25) is 5.91 Å². The fourth-order valence-electron chi connectivity index (χ4n) is 3.38. The molecule has 0 N–H and O–H groups in total. The van der Waals surface area contributed by atoms with Crippen LogP contribution in [0.3, 0.4) is 0 Å². The molecule has 120 valence electrons. The van der Waals surface area contributed by atoms with E-state index in [1.165, 1.54) is 19.1 Å². The van der Waals surface area contributed by atoms with Crippen LogP contribution in [-0.4, -0.2) is 16.4 Å². The van der Waals surface area contributed by atoms with E-state index in [0.717, 1.165) is 10.9 Å². The lowest BCUT2D eigenvalue weighted by Gasteiger charge is -2.24. The van der Waals surface area contributed by atoms with Gasteiger partial charge in [-0.1, -0.05) is 24.3 Å². The Morgan fingerprint density at radius 3 is 2.58 bits per heavy atom. The van der Waals surface area contributed by atoms with Crippen LogP contribution < -0.4 is 4.74 Å². The van der Waals surface area contributed by atoms with Crippen molar-refractivity contribution in [2.75, 3.05) is 0 Å². The molecular formula is C19H14FNO3. The zero-order valence-corrected chi connectivity index (χ0v) is 13.0. The molecule has 4 rings (SSSR count). The van der Waals surface area contributed by atoms with Crippen molar-refractivity contribution >= 4 is 22.8 Å². The van der Waals surface area contributed by atoms with Crippen molar-refractivity contribution < 1.29 is 18.7 Å². The number of fused-ring (bicyclic) bond motifs is 3. The van der Waals surface area contributed by atoms with Crippen LogP contribution in [0.4, 0.5) is 4.39 Å². The fourth-order valence-corrected chi connectivity index (χ4v) is 3.38. The van der Waals surface area contributed by atoms with Crippen molar-refractivity contribution in [2.24, 2.45) is 0 Å². The molecule has 0 fully saturated rings. The Bertz CT molecular complexity index is 972. The Labute approximate surface area is 137 Å². The molecule has 2 heterocycles. The number of aromatic nitrogens is 1. The van der Waals surface area contributed by atoms with Crippen LogP contribution >= 0.6 is 0 Å². The highest BCUT2D eigenvalue weighted by Gasteiger charge is 2.35. The van der Waals surface area contributed by atoms with Gasteiger partial charge in [-0.3, -0.25) is 14.2 Å². The number of esters is 1. The number of rotatable bonds is 1. The maximum Gasteiger partial charge on any atom is 0.312 e. The van der Waals surface area contributed by atoms with Crippen LogP contribution in [-0.2, 0) is 4.79 Å². The van der Waals surface area contributed by atoms with Gasteiger partial charge < -0.3 is 4.74 Å². The Morgan fingerprint density at radius 2 is 1.88 bits per heavy atom. The van der Waals surface area contributed by atoms with Crippen molar-refractivity contribution in [3.8, 4) is 5.75 Å². The predicted octanol–water partition coefficient (Wildman–Crippen LogP) is 3.88. The van der Waals surface area contributed by atoms with Gasteiger partial charge in [-0.25, -0.2) is 4.39 Å². The van der Waals surface area contributed by atoms with Crippen molar-refractivity contribution in [3.05, 3.63) is 65.6 Å². The van der Waals surface area contributed by atoms with Crippen molar-refractivity contribution in [1.29, 1.82) is 0 Å². The monoisotopic (exact) mass is 323 g/mol. The summed E-state index contributed by atoms with van der Waals surface area (Å²) in [6.45, 7) is 1.48. The maximum atomic E-state index is 13.3. The van der Waals surface area contributed by atoms with Crippen LogP contribution in [0.15, 0.2) is 48.5 Å². The lowest BCUT2D eigenvalue weighted by Crippen LogP contribution is -2.24. The predicted molar refractivity (Wildman–Crippen MR) is 86.7 cm³/mol.